The average Bonchev–Trinajstić information content (AvgIpc) is 2.84. The Bertz CT molecular complexity index is 955. The van der Waals surface area contributed by atoms with Crippen LogP contribution in [0.1, 0.15) is 95.4 Å². The Morgan fingerprint density at radius 2 is 0.841 bits per heavy atom. The van der Waals surface area contributed by atoms with Crippen molar-refractivity contribution >= 4 is 33.0 Å². The number of carbonyl (C=O) groups is 3. The molecule has 0 aliphatic rings. The Kier molecular flexibility index (Phi) is 15.6. The van der Waals surface area contributed by atoms with Gasteiger partial charge in [0.25, 0.3) is 0 Å². The second-order valence-corrected chi connectivity index (χ2v) is 15.5. The number of hydrogen-bond donors (Lipinski definition) is 0. The molecule has 0 aliphatic heterocycles. The summed E-state index contributed by atoms with van der Waals surface area (Å²) in [6.45, 7) is 29.3. The summed E-state index contributed by atoms with van der Waals surface area (Å²) < 4.78 is 50.1. The first kappa shape index (κ1) is 42.3. The molecule has 1 unspecified atom stereocenters. The maximum atomic E-state index is 14.4. The van der Waals surface area contributed by atoms with Crippen LogP contribution in [-0.2, 0) is 46.7 Å². The molecule has 0 bridgehead atoms. The highest BCUT2D eigenvalue weighted by molar-refractivity contribution is 7.48. The quantitative estimate of drug-likeness (QED) is 0.0717. The van der Waals surface area contributed by atoms with E-state index in [1.807, 2.05) is 0 Å². The van der Waals surface area contributed by atoms with Gasteiger partial charge in [-0.1, -0.05) is 19.7 Å². The first-order chi connectivity index (χ1) is 19.7. The van der Waals surface area contributed by atoms with Gasteiger partial charge in [-0.05, 0) is 114 Å². The number of phosphoric acid groups is 1. The third-order valence-corrected chi connectivity index (χ3v) is 9.07. The lowest BCUT2D eigenvalue weighted by molar-refractivity contribution is -0.137. The molecule has 0 aliphatic carbocycles. The molecule has 12 heteroatoms. The van der Waals surface area contributed by atoms with Gasteiger partial charge < -0.3 is 14.2 Å². The molecule has 0 radical (unpaired) electrons. The Morgan fingerprint density at radius 3 is 1.11 bits per heavy atom. The van der Waals surface area contributed by atoms with E-state index in [4.69, 9.17) is 27.8 Å². The number of phosphoric ester groups is 1. The molecule has 0 amide bonds. The molecule has 0 spiro atoms. The van der Waals surface area contributed by atoms with Crippen molar-refractivity contribution in [3.8, 4) is 0 Å². The molecule has 0 saturated carbocycles. The number of ether oxygens (including phenoxy) is 3. The zero-order chi connectivity index (χ0) is 34.8. The minimum absolute atomic E-state index is 0.118. The Hall–Kier alpha value is -1.72. The van der Waals surface area contributed by atoms with Crippen molar-refractivity contribution in [3.05, 3.63) is 38.0 Å². The Labute approximate surface area is 266 Å². The highest BCUT2D eigenvalue weighted by atomic mass is 31.2. The number of hydrogen-bond acceptors (Lipinski definition) is 10. The van der Waals surface area contributed by atoms with E-state index in [2.05, 4.69) is 19.7 Å². The van der Waals surface area contributed by atoms with Gasteiger partial charge in [0.2, 0.25) is 0 Å². The molecule has 0 aromatic rings. The molecule has 0 fully saturated rings. The molecular weight excluding hydrogens is 586 g/mol. The van der Waals surface area contributed by atoms with Crippen LogP contribution >= 0.6 is 7.82 Å². The minimum atomic E-state index is -4.32. The fourth-order valence-corrected chi connectivity index (χ4v) is 5.91. The Balaban J connectivity index is 5.92. The Morgan fingerprint density at radius 1 is 0.568 bits per heavy atom. The second kappa shape index (κ2) is 16.2. The van der Waals surface area contributed by atoms with Crippen LogP contribution < -0.4 is 0 Å². The molecule has 1 atom stereocenters. The fourth-order valence-electron chi connectivity index (χ4n) is 3.71. The lowest BCUT2D eigenvalue weighted by Gasteiger charge is -2.38. The number of rotatable bonds is 24. The van der Waals surface area contributed by atoms with E-state index in [1.54, 1.807) is 84.0 Å². The molecular formula is C32H56BO10P. The molecule has 0 N–H and O–H groups in total. The monoisotopic (exact) mass is 642 g/mol. The van der Waals surface area contributed by atoms with Gasteiger partial charge in [-0.2, -0.15) is 0 Å². The minimum Gasteiger partial charge on any atom is -0.367 e. The highest BCUT2D eigenvalue weighted by Crippen LogP contribution is 2.58. The summed E-state index contributed by atoms with van der Waals surface area (Å²) in [5, 5.41) is 0. The van der Waals surface area contributed by atoms with Gasteiger partial charge in [-0.3, -0.25) is 28.0 Å². The van der Waals surface area contributed by atoms with Crippen LogP contribution in [0.25, 0.3) is 0 Å². The van der Waals surface area contributed by atoms with Gasteiger partial charge in [-0.15, -0.1) is 0 Å². The van der Waals surface area contributed by atoms with E-state index in [9.17, 15) is 18.9 Å². The standard InChI is InChI=1S/C32H56BO10P/c1-15-24(34)29(8,9)38-21-18-27(4,5)41-44(37,42-28(6,7)19-22-39-30(10,11)25(35)16-2)43-32(14,33)20-23-40-31(12,13)26(36)17-3/h15-17H,1-3,18-23,33H2,4-14H3. The number of ketones is 3. The third kappa shape index (κ3) is 15.0. The van der Waals surface area contributed by atoms with E-state index < -0.39 is 41.3 Å². The molecule has 0 heterocycles. The smallest absolute Gasteiger partial charge is 0.367 e. The maximum absolute atomic E-state index is 14.4. The molecule has 0 rings (SSSR count). The lowest BCUT2D eigenvalue weighted by atomic mass is 9.81. The van der Waals surface area contributed by atoms with Crippen molar-refractivity contribution in [2.75, 3.05) is 19.8 Å². The van der Waals surface area contributed by atoms with Gasteiger partial charge in [0.15, 0.2) is 17.3 Å². The van der Waals surface area contributed by atoms with Gasteiger partial charge in [-0.25, -0.2) is 4.57 Å². The normalized spacial score (nSPS) is 14.9. The summed E-state index contributed by atoms with van der Waals surface area (Å²) >= 11 is 0. The van der Waals surface area contributed by atoms with Crippen molar-refractivity contribution in [3.63, 3.8) is 0 Å². The zero-order valence-electron chi connectivity index (χ0n) is 29.1. The lowest BCUT2D eigenvalue weighted by Crippen LogP contribution is -2.39. The average molecular weight is 643 g/mol. The van der Waals surface area contributed by atoms with E-state index in [-0.39, 0.29) is 56.4 Å². The van der Waals surface area contributed by atoms with Crippen molar-refractivity contribution in [1.29, 1.82) is 0 Å². The zero-order valence-corrected chi connectivity index (χ0v) is 30.0. The summed E-state index contributed by atoms with van der Waals surface area (Å²) in [7, 11) is -2.60. The van der Waals surface area contributed by atoms with Crippen LogP contribution in [0.2, 0.25) is 0 Å². The van der Waals surface area contributed by atoms with Gasteiger partial charge >= 0.3 is 7.82 Å². The van der Waals surface area contributed by atoms with E-state index in [0.717, 1.165) is 0 Å². The second-order valence-electron chi connectivity index (χ2n) is 14.0. The van der Waals surface area contributed by atoms with Crippen molar-refractivity contribution < 1.29 is 46.7 Å². The van der Waals surface area contributed by atoms with Crippen molar-refractivity contribution in [2.45, 2.75) is 129 Å². The first-order valence-electron chi connectivity index (χ1n) is 14.8. The van der Waals surface area contributed by atoms with E-state index >= 15 is 0 Å². The van der Waals surface area contributed by atoms with Gasteiger partial charge in [0.05, 0.1) is 24.4 Å². The highest BCUT2D eigenvalue weighted by Gasteiger charge is 2.44. The summed E-state index contributed by atoms with van der Waals surface area (Å²) in [5.41, 5.74) is -6.46. The van der Waals surface area contributed by atoms with E-state index in [0.29, 0.717) is 0 Å². The topological polar surface area (TPSA) is 124 Å². The molecule has 252 valence electrons. The summed E-state index contributed by atoms with van der Waals surface area (Å²) in [6, 6.07) is 0. The molecule has 0 aromatic heterocycles. The van der Waals surface area contributed by atoms with Crippen LogP contribution in [0, 0.1) is 0 Å². The largest absolute Gasteiger partial charge is 0.475 e. The third-order valence-electron chi connectivity index (χ3n) is 6.91. The maximum Gasteiger partial charge on any atom is 0.475 e. The predicted octanol–water partition coefficient (Wildman–Crippen LogP) is 5.87. The van der Waals surface area contributed by atoms with Crippen LogP contribution in [0.4, 0.5) is 0 Å². The summed E-state index contributed by atoms with van der Waals surface area (Å²) in [4.78, 5) is 36.3. The van der Waals surface area contributed by atoms with Crippen molar-refractivity contribution in [2.24, 2.45) is 0 Å². The molecule has 10 nitrogen and oxygen atoms in total. The van der Waals surface area contributed by atoms with Gasteiger partial charge in [0, 0.05) is 12.1 Å². The molecule has 0 aromatic carbocycles. The SMILES string of the molecule is BC(C)(CCOC(C)(C)C(=O)C=C)OP(=O)(OC(C)(C)CCOC(C)(C)C(=O)C=C)OC(C)(C)CCOC(C)(C)C(=O)C=C. The van der Waals surface area contributed by atoms with E-state index in [1.165, 1.54) is 18.2 Å². The predicted molar refractivity (Wildman–Crippen MR) is 176 cm³/mol. The van der Waals surface area contributed by atoms with Crippen molar-refractivity contribution in [1.82, 2.24) is 0 Å². The van der Waals surface area contributed by atoms with Gasteiger partial charge in [0.1, 0.15) is 24.6 Å². The van der Waals surface area contributed by atoms with Crippen LogP contribution in [0.15, 0.2) is 38.0 Å². The summed E-state index contributed by atoms with van der Waals surface area (Å²) in [6.07, 6.45) is 4.37. The van der Waals surface area contributed by atoms with Crippen LogP contribution in [0.3, 0.4) is 0 Å². The summed E-state index contributed by atoms with van der Waals surface area (Å²) in [5.74, 6) is -0.799. The van der Waals surface area contributed by atoms with Crippen LogP contribution in [0.5, 0.6) is 0 Å². The molecule has 0 saturated heterocycles. The first-order valence-corrected chi connectivity index (χ1v) is 16.3. The fraction of sp³-hybridized carbons (Fsp3) is 0.719. The number of carbonyl (C=O) groups excluding carboxylic acids is 3. The van der Waals surface area contributed by atoms with Crippen LogP contribution in [-0.4, -0.2) is 78.5 Å². The molecule has 44 heavy (non-hydrogen) atoms.